The highest BCUT2D eigenvalue weighted by Crippen LogP contribution is 2.02. The van der Waals surface area contributed by atoms with E-state index in [4.69, 9.17) is 10.0 Å². The molecular formula is C9H13BO4. The summed E-state index contributed by atoms with van der Waals surface area (Å²) in [4.78, 5) is 0. The van der Waals surface area contributed by atoms with Crippen LogP contribution in [0.25, 0.3) is 0 Å². The van der Waals surface area contributed by atoms with Gasteiger partial charge in [0.25, 0.3) is 0 Å². The number of ether oxygens (including phenoxy) is 1. The van der Waals surface area contributed by atoms with Crippen LogP contribution in [0.15, 0.2) is 24.3 Å². The van der Waals surface area contributed by atoms with Gasteiger partial charge in [-0.15, -0.1) is 0 Å². The molecule has 1 aromatic carbocycles. The Kier molecular flexibility index (Phi) is 4.09. The molecule has 4 nitrogen and oxygen atoms in total. The standard InChI is InChI=1S/C9H13BO4/c1-14-9(11)6-7-3-2-4-8(5-7)10(12)13/h2-5,9,11-13H,6H2,1H3. The Morgan fingerprint density at radius 3 is 2.71 bits per heavy atom. The third-order valence-corrected chi connectivity index (χ3v) is 1.93. The van der Waals surface area contributed by atoms with Crippen LogP contribution < -0.4 is 5.46 Å². The van der Waals surface area contributed by atoms with Crippen molar-refractivity contribution in [2.45, 2.75) is 12.7 Å². The fourth-order valence-electron chi connectivity index (χ4n) is 1.17. The van der Waals surface area contributed by atoms with E-state index >= 15 is 0 Å². The minimum Gasteiger partial charge on any atom is -0.423 e. The molecule has 0 bridgehead atoms. The Bertz CT molecular complexity index is 290. The normalized spacial score (nSPS) is 12.6. The molecule has 0 aliphatic carbocycles. The minimum absolute atomic E-state index is 0.330. The van der Waals surface area contributed by atoms with Crippen molar-refractivity contribution in [3.05, 3.63) is 29.8 Å². The van der Waals surface area contributed by atoms with Gasteiger partial charge >= 0.3 is 7.12 Å². The van der Waals surface area contributed by atoms with Crippen LogP contribution >= 0.6 is 0 Å². The largest absolute Gasteiger partial charge is 0.488 e. The van der Waals surface area contributed by atoms with Gasteiger partial charge in [-0.2, -0.15) is 0 Å². The lowest BCUT2D eigenvalue weighted by molar-refractivity contribution is -0.0720. The molecule has 0 radical (unpaired) electrons. The Labute approximate surface area is 82.9 Å². The molecule has 0 fully saturated rings. The highest BCUT2D eigenvalue weighted by atomic mass is 16.6. The van der Waals surface area contributed by atoms with E-state index in [0.29, 0.717) is 11.9 Å². The molecular weight excluding hydrogens is 183 g/mol. The molecule has 0 aliphatic heterocycles. The number of hydrogen-bond acceptors (Lipinski definition) is 4. The van der Waals surface area contributed by atoms with Gasteiger partial charge in [0.1, 0.15) is 0 Å². The van der Waals surface area contributed by atoms with E-state index in [-0.39, 0.29) is 0 Å². The van der Waals surface area contributed by atoms with Gasteiger partial charge in [-0.1, -0.05) is 24.3 Å². The number of hydrogen-bond donors (Lipinski definition) is 3. The van der Waals surface area contributed by atoms with Gasteiger partial charge in [0.2, 0.25) is 0 Å². The maximum absolute atomic E-state index is 9.19. The molecule has 0 saturated carbocycles. The van der Waals surface area contributed by atoms with E-state index in [2.05, 4.69) is 4.74 Å². The van der Waals surface area contributed by atoms with Gasteiger partial charge in [-0.25, -0.2) is 0 Å². The van der Waals surface area contributed by atoms with Crippen molar-refractivity contribution in [3.8, 4) is 0 Å². The lowest BCUT2D eigenvalue weighted by atomic mass is 9.79. The summed E-state index contributed by atoms with van der Waals surface area (Å²) in [5, 5.41) is 27.0. The number of aliphatic hydroxyl groups is 1. The van der Waals surface area contributed by atoms with Gasteiger partial charge in [0.05, 0.1) is 0 Å². The average molecular weight is 196 g/mol. The quantitative estimate of drug-likeness (QED) is 0.421. The maximum atomic E-state index is 9.19. The van der Waals surface area contributed by atoms with Crippen LogP contribution in [0.3, 0.4) is 0 Å². The van der Waals surface area contributed by atoms with Crippen LogP contribution in [0.2, 0.25) is 0 Å². The number of aliphatic hydroxyl groups excluding tert-OH is 1. The molecule has 1 atom stereocenters. The zero-order chi connectivity index (χ0) is 10.6. The molecule has 0 heterocycles. The maximum Gasteiger partial charge on any atom is 0.488 e. The lowest BCUT2D eigenvalue weighted by Gasteiger charge is -2.09. The Morgan fingerprint density at radius 2 is 2.14 bits per heavy atom. The highest BCUT2D eigenvalue weighted by molar-refractivity contribution is 6.58. The first-order chi connectivity index (χ1) is 6.63. The van der Waals surface area contributed by atoms with Crippen LogP contribution in [-0.4, -0.2) is 35.7 Å². The molecule has 5 heteroatoms. The summed E-state index contributed by atoms with van der Waals surface area (Å²) in [5.41, 5.74) is 1.20. The summed E-state index contributed by atoms with van der Waals surface area (Å²) < 4.78 is 4.68. The molecule has 0 saturated heterocycles. The van der Waals surface area contributed by atoms with Crippen LogP contribution in [0, 0.1) is 0 Å². The smallest absolute Gasteiger partial charge is 0.423 e. The molecule has 1 rings (SSSR count). The third-order valence-electron chi connectivity index (χ3n) is 1.93. The van der Waals surface area contributed by atoms with E-state index in [1.165, 1.54) is 7.11 Å². The summed E-state index contributed by atoms with van der Waals surface area (Å²) >= 11 is 0. The van der Waals surface area contributed by atoms with E-state index in [1.807, 2.05) is 0 Å². The van der Waals surface area contributed by atoms with Crippen LogP contribution in [0.1, 0.15) is 5.56 Å². The molecule has 3 N–H and O–H groups in total. The van der Waals surface area contributed by atoms with Gasteiger partial charge in [-0.05, 0) is 11.0 Å². The van der Waals surface area contributed by atoms with Crippen molar-refractivity contribution in [2.75, 3.05) is 7.11 Å². The third kappa shape index (κ3) is 3.12. The van der Waals surface area contributed by atoms with Crippen LogP contribution in [0.4, 0.5) is 0 Å². The fraction of sp³-hybridized carbons (Fsp3) is 0.333. The topological polar surface area (TPSA) is 69.9 Å². The van der Waals surface area contributed by atoms with E-state index in [9.17, 15) is 5.11 Å². The summed E-state index contributed by atoms with van der Waals surface area (Å²) in [7, 11) is -0.0651. The minimum atomic E-state index is -1.48. The van der Waals surface area contributed by atoms with Crippen molar-refractivity contribution in [2.24, 2.45) is 0 Å². The summed E-state index contributed by atoms with van der Waals surface area (Å²) in [6.45, 7) is 0. The van der Waals surface area contributed by atoms with Gasteiger partial charge in [-0.3, -0.25) is 0 Å². The first-order valence-corrected chi connectivity index (χ1v) is 4.29. The first kappa shape index (κ1) is 11.2. The molecule has 0 spiro atoms. The molecule has 0 amide bonds. The molecule has 1 unspecified atom stereocenters. The van der Waals surface area contributed by atoms with E-state index in [0.717, 1.165) is 5.56 Å². The second-order valence-corrected chi connectivity index (χ2v) is 3.01. The Hall–Kier alpha value is -0.875. The summed E-state index contributed by atoms with van der Waals surface area (Å²) in [6, 6.07) is 6.71. The fourth-order valence-corrected chi connectivity index (χ4v) is 1.17. The molecule has 0 aliphatic rings. The van der Waals surface area contributed by atoms with Gasteiger partial charge < -0.3 is 19.9 Å². The SMILES string of the molecule is COC(O)Cc1cccc(B(O)O)c1. The summed E-state index contributed by atoms with van der Waals surface area (Å²) in [5.74, 6) is 0. The number of rotatable bonds is 4. The molecule has 0 aromatic heterocycles. The molecule has 76 valence electrons. The second-order valence-electron chi connectivity index (χ2n) is 3.01. The number of methoxy groups -OCH3 is 1. The highest BCUT2D eigenvalue weighted by Gasteiger charge is 2.11. The van der Waals surface area contributed by atoms with Crippen LogP contribution in [-0.2, 0) is 11.2 Å². The zero-order valence-electron chi connectivity index (χ0n) is 7.92. The van der Waals surface area contributed by atoms with Crippen molar-refractivity contribution in [1.29, 1.82) is 0 Å². The van der Waals surface area contributed by atoms with Gasteiger partial charge in [0.15, 0.2) is 6.29 Å². The Balaban J connectivity index is 2.73. The molecule has 1 aromatic rings. The van der Waals surface area contributed by atoms with Gasteiger partial charge in [0, 0.05) is 13.5 Å². The monoisotopic (exact) mass is 196 g/mol. The zero-order valence-corrected chi connectivity index (χ0v) is 7.92. The lowest BCUT2D eigenvalue weighted by Crippen LogP contribution is -2.30. The first-order valence-electron chi connectivity index (χ1n) is 4.29. The van der Waals surface area contributed by atoms with Crippen molar-refractivity contribution >= 4 is 12.6 Å². The number of benzene rings is 1. The van der Waals surface area contributed by atoms with Crippen molar-refractivity contribution < 1.29 is 19.9 Å². The van der Waals surface area contributed by atoms with Crippen molar-refractivity contribution in [1.82, 2.24) is 0 Å². The van der Waals surface area contributed by atoms with Crippen molar-refractivity contribution in [3.63, 3.8) is 0 Å². The Morgan fingerprint density at radius 1 is 1.43 bits per heavy atom. The average Bonchev–Trinajstić information content (AvgIpc) is 2.18. The van der Waals surface area contributed by atoms with E-state index in [1.54, 1.807) is 24.3 Å². The predicted octanol–water partition coefficient (Wildman–Crippen LogP) is -1.13. The summed E-state index contributed by atoms with van der Waals surface area (Å²) in [6.07, 6.45) is -0.530. The van der Waals surface area contributed by atoms with E-state index < -0.39 is 13.4 Å². The van der Waals surface area contributed by atoms with Crippen LogP contribution in [0.5, 0.6) is 0 Å². The second kappa shape index (κ2) is 5.12. The molecule has 14 heavy (non-hydrogen) atoms. The predicted molar refractivity (Wildman–Crippen MR) is 53.0 cm³/mol.